The van der Waals surface area contributed by atoms with Gasteiger partial charge in [-0.25, -0.2) is 0 Å². The Labute approximate surface area is 168 Å². The van der Waals surface area contributed by atoms with Crippen LogP contribution < -0.4 is 4.74 Å². The maximum atomic E-state index is 11.5. The SMILES string of the molecule is COc1ccc(CCc2ccc(Cl)cc2)c(Cn2nc(C(=O)N=O)cc2C)c1. The van der Waals surface area contributed by atoms with Crippen molar-refractivity contribution >= 4 is 17.5 Å². The average Bonchev–Trinajstić information content (AvgIpc) is 3.08. The number of nitrogens with zero attached hydrogens (tertiary/aromatic N) is 3. The van der Waals surface area contributed by atoms with Crippen LogP contribution in [0, 0.1) is 11.8 Å². The first kappa shape index (κ1) is 19.8. The number of rotatable bonds is 7. The molecule has 0 aliphatic heterocycles. The molecule has 0 aliphatic rings. The molecule has 2 aromatic carbocycles. The van der Waals surface area contributed by atoms with Crippen molar-refractivity contribution in [3.05, 3.63) is 86.5 Å². The number of amides is 1. The molecule has 0 radical (unpaired) electrons. The van der Waals surface area contributed by atoms with Crippen LogP contribution in [0.2, 0.25) is 5.02 Å². The highest BCUT2D eigenvalue weighted by atomic mass is 35.5. The number of carbonyl (C=O) groups is 1. The lowest BCUT2D eigenvalue weighted by atomic mass is 9.99. The minimum Gasteiger partial charge on any atom is -0.497 e. The molecule has 3 rings (SSSR count). The highest BCUT2D eigenvalue weighted by Crippen LogP contribution is 2.22. The van der Waals surface area contributed by atoms with Crippen molar-refractivity contribution in [3.63, 3.8) is 0 Å². The van der Waals surface area contributed by atoms with Crippen LogP contribution in [-0.2, 0) is 19.4 Å². The second kappa shape index (κ2) is 8.80. The number of hydrogen-bond donors (Lipinski definition) is 0. The smallest absolute Gasteiger partial charge is 0.336 e. The molecule has 3 aromatic rings. The predicted molar refractivity (Wildman–Crippen MR) is 108 cm³/mol. The molecular weight excluding hydrogens is 378 g/mol. The Morgan fingerprint density at radius 3 is 2.54 bits per heavy atom. The van der Waals surface area contributed by atoms with E-state index >= 15 is 0 Å². The zero-order valence-corrected chi connectivity index (χ0v) is 16.4. The summed E-state index contributed by atoms with van der Waals surface area (Å²) in [5, 5.41) is 7.38. The minimum atomic E-state index is -0.865. The summed E-state index contributed by atoms with van der Waals surface area (Å²) in [5.41, 5.74) is 4.23. The van der Waals surface area contributed by atoms with Gasteiger partial charge in [0.15, 0.2) is 5.69 Å². The first-order valence-corrected chi connectivity index (χ1v) is 9.20. The summed E-state index contributed by atoms with van der Waals surface area (Å²) < 4.78 is 7.05. The Bertz CT molecular complexity index is 997. The predicted octanol–water partition coefficient (Wildman–Crippen LogP) is 4.59. The summed E-state index contributed by atoms with van der Waals surface area (Å²) in [4.78, 5) is 22.0. The quantitative estimate of drug-likeness (QED) is 0.546. The molecule has 6 nitrogen and oxygen atoms in total. The number of benzene rings is 2. The van der Waals surface area contributed by atoms with Crippen LogP contribution in [-0.4, -0.2) is 22.8 Å². The third-order valence-corrected chi connectivity index (χ3v) is 4.87. The maximum absolute atomic E-state index is 11.5. The van der Waals surface area contributed by atoms with Gasteiger partial charge in [-0.05, 0) is 66.8 Å². The molecule has 0 saturated carbocycles. The van der Waals surface area contributed by atoms with Crippen molar-refractivity contribution < 1.29 is 9.53 Å². The summed E-state index contributed by atoms with van der Waals surface area (Å²) in [6.45, 7) is 2.30. The van der Waals surface area contributed by atoms with Crippen molar-refractivity contribution in [1.29, 1.82) is 0 Å². The van der Waals surface area contributed by atoms with Crippen LogP contribution in [0.15, 0.2) is 53.7 Å². The van der Waals surface area contributed by atoms with Crippen LogP contribution in [0.4, 0.5) is 0 Å². The van der Waals surface area contributed by atoms with Gasteiger partial charge in [0.25, 0.3) is 0 Å². The standard InChI is InChI=1S/C21H20ClN3O3/c1-14-11-20(21(26)24-27)23-25(14)13-17-12-19(28-2)10-7-16(17)6-3-15-4-8-18(22)9-5-15/h4-5,7-12H,3,6,13H2,1-2H3. The summed E-state index contributed by atoms with van der Waals surface area (Å²) in [6, 6.07) is 15.3. The van der Waals surface area contributed by atoms with E-state index in [1.807, 2.05) is 49.4 Å². The van der Waals surface area contributed by atoms with Gasteiger partial charge >= 0.3 is 5.91 Å². The van der Waals surface area contributed by atoms with E-state index in [9.17, 15) is 9.70 Å². The van der Waals surface area contributed by atoms with Gasteiger partial charge in [-0.15, -0.1) is 4.91 Å². The van der Waals surface area contributed by atoms with E-state index in [0.29, 0.717) is 6.54 Å². The summed E-state index contributed by atoms with van der Waals surface area (Å²) in [5.74, 6) is -0.114. The summed E-state index contributed by atoms with van der Waals surface area (Å²) >= 11 is 5.95. The number of hydrogen-bond acceptors (Lipinski definition) is 4. The molecule has 1 aromatic heterocycles. The molecule has 0 spiro atoms. The van der Waals surface area contributed by atoms with Crippen LogP contribution in [0.25, 0.3) is 0 Å². The number of methoxy groups -OCH3 is 1. The van der Waals surface area contributed by atoms with E-state index in [1.165, 1.54) is 5.56 Å². The number of carbonyl (C=O) groups excluding carboxylic acids is 1. The number of aryl methyl sites for hydroxylation is 3. The van der Waals surface area contributed by atoms with Gasteiger partial charge < -0.3 is 4.74 Å². The van der Waals surface area contributed by atoms with Gasteiger partial charge in [0.2, 0.25) is 0 Å². The normalized spacial score (nSPS) is 10.7. The van der Waals surface area contributed by atoms with E-state index in [1.54, 1.807) is 17.9 Å². The Balaban J connectivity index is 1.84. The summed E-state index contributed by atoms with van der Waals surface area (Å²) in [6.07, 6.45) is 1.70. The zero-order chi connectivity index (χ0) is 20.1. The molecule has 0 unspecified atom stereocenters. The van der Waals surface area contributed by atoms with Gasteiger partial charge in [-0.2, -0.15) is 5.10 Å². The molecule has 1 heterocycles. The summed E-state index contributed by atoms with van der Waals surface area (Å²) in [7, 11) is 1.62. The van der Waals surface area contributed by atoms with Gasteiger partial charge in [0.05, 0.1) is 13.7 Å². The maximum Gasteiger partial charge on any atom is 0.336 e. The Hall–Kier alpha value is -2.99. The first-order chi connectivity index (χ1) is 13.5. The number of nitroso groups, excluding NO2 is 1. The Morgan fingerprint density at radius 2 is 1.86 bits per heavy atom. The van der Waals surface area contributed by atoms with E-state index in [4.69, 9.17) is 16.3 Å². The lowest BCUT2D eigenvalue weighted by Crippen LogP contribution is -2.08. The molecule has 0 N–H and O–H groups in total. The van der Waals surface area contributed by atoms with Crippen molar-refractivity contribution in [2.24, 2.45) is 5.18 Å². The highest BCUT2D eigenvalue weighted by molar-refractivity contribution is 6.30. The molecular formula is C21H20ClN3O3. The number of ether oxygens (including phenoxy) is 1. The fourth-order valence-electron chi connectivity index (χ4n) is 3.03. The topological polar surface area (TPSA) is 73.6 Å². The molecule has 7 heteroatoms. The third-order valence-electron chi connectivity index (χ3n) is 4.61. The largest absolute Gasteiger partial charge is 0.497 e. The van der Waals surface area contributed by atoms with Crippen molar-refractivity contribution in [2.45, 2.75) is 26.3 Å². The van der Waals surface area contributed by atoms with Gasteiger partial charge in [0, 0.05) is 15.9 Å². The van der Waals surface area contributed by atoms with Crippen LogP contribution in [0.5, 0.6) is 5.75 Å². The van der Waals surface area contributed by atoms with Crippen LogP contribution >= 0.6 is 11.6 Å². The third kappa shape index (κ3) is 4.64. The molecule has 1 amide bonds. The zero-order valence-electron chi connectivity index (χ0n) is 15.7. The first-order valence-electron chi connectivity index (χ1n) is 8.82. The van der Waals surface area contributed by atoms with Crippen LogP contribution in [0.1, 0.15) is 32.9 Å². The Kier molecular flexibility index (Phi) is 6.21. The van der Waals surface area contributed by atoms with E-state index in [-0.39, 0.29) is 5.69 Å². The molecule has 0 atom stereocenters. The molecule has 0 saturated heterocycles. The van der Waals surface area contributed by atoms with Gasteiger partial charge in [-0.3, -0.25) is 9.48 Å². The number of aromatic nitrogens is 2. The molecule has 28 heavy (non-hydrogen) atoms. The number of halogens is 1. The van der Waals surface area contributed by atoms with Crippen molar-refractivity contribution in [1.82, 2.24) is 9.78 Å². The fourth-order valence-corrected chi connectivity index (χ4v) is 3.16. The molecule has 144 valence electrons. The average molecular weight is 398 g/mol. The minimum absolute atomic E-state index is 0.0538. The monoisotopic (exact) mass is 397 g/mol. The lowest BCUT2D eigenvalue weighted by Gasteiger charge is -2.13. The molecule has 0 bridgehead atoms. The fraction of sp³-hybridized carbons (Fsp3) is 0.238. The second-order valence-electron chi connectivity index (χ2n) is 6.49. The van der Waals surface area contributed by atoms with E-state index in [2.05, 4.69) is 10.3 Å². The molecule has 0 aliphatic carbocycles. The van der Waals surface area contributed by atoms with Crippen molar-refractivity contribution in [2.75, 3.05) is 7.11 Å². The van der Waals surface area contributed by atoms with E-state index < -0.39 is 5.91 Å². The van der Waals surface area contributed by atoms with E-state index in [0.717, 1.165) is 40.4 Å². The van der Waals surface area contributed by atoms with Crippen LogP contribution in [0.3, 0.4) is 0 Å². The van der Waals surface area contributed by atoms with Gasteiger partial charge in [-0.1, -0.05) is 29.8 Å². The second-order valence-corrected chi connectivity index (χ2v) is 6.92. The lowest BCUT2D eigenvalue weighted by molar-refractivity contribution is 0.0995. The highest BCUT2D eigenvalue weighted by Gasteiger charge is 2.14. The molecule has 0 fully saturated rings. The van der Waals surface area contributed by atoms with Crippen molar-refractivity contribution in [3.8, 4) is 5.75 Å². The Morgan fingerprint density at radius 1 is 1.11 bits per heavy atom. The van der Waals surface area contributed by atoms with Gasteiger partial charge in [0.1, 0.15) is 5.75 Å².